The van der Waals surface area contributed by atoms with Crippen LogP contribution in [0, 0.1) is 12.8 Å². The first kappa shape index (κ1) is 16.5. The van der Waals surface area contributed by atoms with Crippen molar-refractivity contribution in [1.29, 1.82) is 0 Å². The van der Waals surface area contributed by atoms with Crippen LogP contribution in [0.4, 0.5) is 11.5 Å². The zero-order chi connectivity index (χ0) is 17.1. The highest BCUT2D eigenvalue weighted by molar-refractivity contribution is 5.47. The fourth-order valence-corrected chi connectivity index (χ4v) is 3.92. The van der Waals surface area contributed by atoms with Crippen molar-refractivity contribution in [2.45, 2.75) is 39.3 Å². The molecule has 1 aromatic heterocycles. The van der Waals surface area contributed by atoms with Crippen LogP contribution in [0.2, 0.25) is 0 Å². The smallest absolute Gasteiger partial charge is 0.124 e. The number of nitrogens with one attached hydrogen (secondary N) is 2. The molecule has 3 heterocycles. The fraction of sp³-hybridized carbons (Fsp3) is 0.550. The number of anilines is 2. The van der Waals surface area contributed by atoms with Crippen LogP contribution in [0.25, 0.3) is 0 Å². The van der Waals surface area contributed by atoms with Crippen molar-refractivity contribution < 1.29 is 0 Å². The first-order chi connectivity index (χ1) is 12.3. The van der Waals surface area contributed by atoms with Gasteiger partial charge in [0.25, 0.3) is 0 Å². The predicted molar refractivity (Wildman–Crippen MR) is 103 cm³/mol. The lowest BCUT2D eigenvalue weighted by molar-refractivity contribution is 0.390. The molecule has 25 heavy (non-hydrogen) atoms. The van der Waals surface area contributed by atoms with Gasteiger partial charge in [-0.15, -0.1) is 0 Å². The van der Waals surface area contributed by atoms with Gasteiger partial charge in [-0.25, -0.2) is 4.68 Å². The first-order valence-corrected chi connectivity index (χ1v) is 9.61. The monoisotopic (exact) mass is 339 g/mol. The van der Waals surface area contributed by atoms with Gasteiger partial charge in [-0.3, -0.25) is 0 Å². The van der Waals surface area contributed by atoms with Crippen molar-refractivity contribution in [3.05, 3.63) is 41.6 Å². The Morgan fingerprint density at radius 2 is 1.96 bits per heavy atom. The van der Waals surface area contributed by atoms with E-state index >= 15 is 0 Å². The maximum absolute atomic E-state index is 4.54. The second kappa shape index (κ2) is 7.48. The van der Waals surface area contributed by atoms with Crippen LogP contribution in [0.5, 0.6) is 0 Å². The number of nitrogens with zero attached hydrogens (tertiary/aromatic N) is 3. The summed E-state index contributed by atoms with van der Waals surface area (Å²) < 4.78 is 2.10. The van der Waals surface area contributed by atoms with Crippen molar-refractivity contribution in [3.8, 4) is 0 Å². The van der Waals surface area contributed by atoms with Gasteiger partial charge < -0.3 is 15.5 Å². The number of benzene rings is 1. The topological polar surface area (TPSA) is 45.1 Å². The molecular formula is C20H29N5. The van der Waals surface area contributed by atoms with Gasteiger partial charge in [0.1, 0.15) is 5.82 Å². The van der Waals surface area contributed by atoms with E-state index in [0.717, 1.165) is 37.7 Å². The molecule has 2 aliphatic heterocycles. The third-order valence-corrected chi connectivity index (χ3v) is 5.32. The fourth-order valence-electron chi connectivity index (χ4n) is 3.92. The molecule has 5 nitrogen and oxygen atoms in total. The van der Waals surface area contributed by atoms with E-state index in [-0.39, 0.29) is 0 Å². The SMILES string of the molecule is Cc1cc2n(n1)C[C@@H](CNCc1ccc(N3CCCCC3)cc1)CN2. The van der Waals surface area contributed by atoms with Crippen LogP contribution < -0.4 is 15.5 Å². The van der Waals surface area contributed by atoms with Gasteiger partial charge in [0.05, 0.1) is 5.69 Å². The Kier molecular flexibility index (Phi) is 4.92. The quantitative estimate of drug-likeness (QED) is 0.879. The van der Waals surface area contributed by atoms with Gasteiger partial charge in [0.15, 0.2) is 0 Å². The summed E-state index contributed by atoms with van der Waals surface area (Å²) in [5.74, 6) is 1.74. The van der Waals surface area contributed by atoms with E-state index in [1.54, 1.807) is 0 Å². The third kappa shape index (κ3) is 3.98. The lowest BCUT2D eigenvalue weighted by Crippen LogP contribution is -2.35. The van der Waals surface area contributed by atoms with E-state index in [0.29, 0.717) is 5.92 Å². The van der Waals surface area contributed by atoms with Crippen LogP contribution in [0.15, 0.2) is 30.3 Å². The van der Waals surface area contributed by atoms with Gasteiger partial charge in [-0.2, -0.15) is 5.10 Å². The average Bonchev–Trinajstić information content (AvgIpc) is 3.02. The Morgan fingerprint density at radius 3 is 2.76 bits per heavy atom. The Hall–Kier alpha value is -2.01. The minimum Gasteiger partial charge on any atom is -0.372 e. The molecule has 0 amide bonds. The van der Waals surface area contributed by atoms with Gasteiger partial charge in [-0.1, -0.05) is 12.1 Å². The lowest BCUT2D eigenvalue weighted by atomic mass is 10.1. The van der Waals surface area contributed by atoms with Crippen LogP contribution >= 0.6 is 0 Å². The normalized spacial score (nSPS) is 20.2. The predicted octanol–water partition coefficient (Wildman–Crippen LogP) is 3.01. The Balaban J connectivity index is 1.25. The number of rotatable bonds is 5. The molecule has 0 aliphatic carbocycles. The Morgan fingerprint density at radius 1 is 1.16 bits per heavy atom. The Labute approximate surface area is 150 Å². The molecular weight excluding hydrogens is 310 g/mol. The van der Waals surface area contributed by atoms with Crippen molar-refractivity contribution in [2.24, 2.45) is 5.92 Å². The number of hydrogen-bond acceptors (Lipinski definition) is 4. The molecule has 134 valence electrons. The van der Waals surface area contributed by atoms with E-state index in [4.69, 9.17) is 0 Å². The number of piperidine rings is 1. The highest BCUT2D eigenvalue weighted by Crippen LogP contribution is 2.21. The molecule has 4 rings (SSSR count). The molecule has 1 saturated heterocycles. The van der Waals surface area contributed by atoms with E-state index in [1.165, 1.54) is 43.6 Å². The summed E-state index contributed by atoms with van der Waals surface area (Å²) in [4.78, 5) is 2.51. The zero-order valence-corrected chi connectivity index (χ0v) is 15.2. The summed E-state index contributed by atoms with van der Waals surface area (Å²) in [6.45, 7) is 8.43. The molecule has 2 N–H and O–H groups in total. The summed E-state index contributed by atoms with van der Waals surface area (Å²) in [5, 5.41) is 11.6. The molecule has 2 aromatic rings. The highest BCUT2D eigenvalue weighted by atomic mass is 15.3. The summed E-state index contributed by atoms with van der Waals surface area (Å²) in [6, 6.07) is 11.2. The molecule has 1 aromatic carbocycles. The Bertz CT molecular complexity index is 685. The summed E-state index contributed by atoms with van der Waals surface area (Å²) >= 11 is 0. The van der Waals surface area contributed by atoms with E-state index in [1.807, 2.05) is 6.92 Å². The van der Waals surface area contributed by atoms with Crippen molar-refractivity contribution in [2.75, 3.05) is 36.4 Å². The summed E-state index contributed by atoms with van der Waals surface area (Å²) in [7, 11) is 0. The molecule has 0 unspecified atom stereocenters. The minimum absolute atomic E-state index is 0.583. The van der Waals surface area contributed by atoms with E-state index < -0.39 is 0 Å². The van der Waals surface area contributed by atoms with Crippen LogP contribution in [-0.2, 0) is 13.1 Å². The summed E-state index contributed by atoms with van der Waals surface area (Å²) in [6.07, 6.45) is 4.04. The molecule has 5 heteroatoms. The average molecular weight is 339 g/mol. The number of aryl methyl sites for hydroxylation is 1. The van der Waals surface area contributed by atoms with E-state index in [9.17, 15) is 0 Å². The van der Waals surface area contributed by atoms with E-state index in [2.05, 4.69) is 55.6 Å². The maximum Gasteiger partial charge on any atom is 0.124 e. The maximum atomic E-state index is 4.54. The van der Waals surface area contributed by atoms with Gasteiger partial charge in [0, 0.05) is 56.9 Å². The van der Waals surface area contributed by atoms with Crippen LogP contribution in [0.1, 0.15) is 30.5 Å². The number of hydrogen-bond donors (Lipinski definition) is 2. The van der Waals surface area contributed by atoms with Gasteiger partial charge in [-0.05, 0) is 43.9 Å². The molecule has 1 fully saturated rings. The second-order valence-corrected chi connectivity index (χ2v) is 7.45. The summed E-state index contributed by atoms with van der Waals surface area (Å²) in [5.41, 5.74) is 3.83. The lowest BCUT2D eigenvalue weighted by Gasteiger charge is -2.29. The third-order valence-electron chi connectivity index (χ3n) is 5.32. The highest BCUT2D eigenvalue weighted by Gasteiger charge is 2.18. The molecule has 0 spiro atoms. The molecule has 0 radical (unpaired) electrons. The number of aromatic nitrogens is 2. The minimum atomic E-state index is 0.583. The van der Waals surface area contributed by atoms with Crippen molar-refractivity contribution >= 4 is 11.5 Å². The molecule has 0 bridgehead atoms. The zero-order valence-electron chi connectivity index (χ0n) is 15.2. The van der Waals surface area contributed by atoms with Crippen molar-refractivity contribution in [1.82, 2.24) is 15.1 Å². The standard InChI is InChI=1S/C20H29N5/c1-16-11-20-22-14-18(15-25(20)23-16)13-21-12-17-5-7-19(8-6-17)24-9-3-2-4-10-24/h5-8,11,18,21-22H,2-4,9-10,12-15H2,1H3/t18-/m0/s1. The molecule has 0 saturated carbocycles. The largest absolute Gasteiger partial charge is 0.372 e. The van der Waals surface area contributed by atoms with Gasteiger partial charge in [0.2, 0.25) is 0 Å². The molecule has 1 atom stereocenters. The van der Waals surface area contributed by atoms with Gasteiger partial charge >= 0.3 is 0 Å². The molecule has 2 aliphatic rings. The number of fused-ring (bicyclic) bond motifs is 1. The van der Waals surface area contributed by atoms with Crippen LogP contribution in [-0.4, -0.2) is 36.0 Å². The second-order valence-electron chi connectivity index (χ2n) is 7.45. The van der Waals surface area contributed by atoms with Crippen LogP contribution in [0.3, 0.4) is 0 Å². The first-order valence-electron chi connectivity index (χ1n) is 9.61. The van der Waals surface area contributed by atoms with Crippen molar-refractivity contribution in [3.63, 3.8) is 0 Å².